The van der Waals surface area contributed by atoms with Gasteiger partial charge in [-0.3, -0.25) is 0 Å². The van der Waals surface area contributed by atoms with Crippen LogP contribution in [0.25, 0.3) is 11.8 Å². The summed E-state index contributed by atoms with van der Waals surface area (Å²) in [4.78, 5) is 0. The zero-order chi connectivity index (χ0) is 18.1. The predicted molar refractivity (Wildman–Crippen MR) is 109 cm³/mol. The summed E-state index contributed by atoms with van der Waals surface area (Å²) >= 11 is -0.795. The van der Waals surface area contributed by atoms with Gasteiger partial charge in [-0.2, -0.15) is 0 Å². The molecular weight excluding hydrogens is 476 g/mol. The topological polar surface area (TPSA) is 4.93 Å². The molecule has 0 saturated carbocycles. The molecule has 0 N–H and O–H groups in total. The van der Waals surface area contributed by atoms with E-state index in [0.29, 0.717) is 3.63 Å². The van der Waals surface area contributed by atoms with Crippen molar-refractivity contribution in [2.45, 2.75) is 16.5 Å². The molecule has 0 radical (unpaired) electrons. The molecule has 1 unspecified atom stereocenters. The number of halogens is 2. The molecule has 5 rings (SSSR count). The molecule has 0 bridgehead atoms. The summed E-state index contributed by atoms with van der Waals surface area (Å²) in [5.74, 6) is 0. The molecule has 2 aliphatic carbocycles. The first kappa shape index (κ1) is 22.1. The Morgan fingerprint density at radius 1 is 0.862 bits per heavy atom. The minimum Gasteiger partial charge on any atom is -1.00 e. The second-order valence-corrected chi connectivity index (χ2v) is 10.8. The summed E-state index contributed by atoms with van der Waals surface area (Å²) in [6, 6.07) is 24.1. The Bertz CT molecular complexity index is 1050. The van der Waals surface area contributed by atoms with Crippen LogP contribution < -0.4 is 24.8 Å². The average molecular weight is 498 g/mol. The molecule has 1 aromatic heterocycles. The van der Waals surface area contributed by atoms with Crippen LogP contribution in [0.5, 0.6) is 0 Å². The van der Waals surface area contributed by atoms with Crippen molar-refractivity contribution in [1.29, 1.82) is 0 Å². The van der Waals surface area contributed by atoms with E-state index >= 15 is 0 Å². The number of fused-ring (bicyclic) bond motifs is 1. The van der Waals surface area contributed by atoms with E-state index in [4.69, 9.17) is 0 Å². The Kier molecular flexibility index (Phi) is 7.57. The molecule has 2 aromatic carbocycles. The van der Waals surface area contributed by atoms with E-state index in [0.717, 1.165) is 12.8 Å². The predicted octanol–water partition coefficient (Wildman–Crippen LogP) is 0.0881. The van der Waals surface area contributed by atoms with Crippen molar-refractivity contribution in [2.75, 3.05) is 0 Å². The minimum atomic E-state index is -0.795. The van der Waals surface area contributed by atoms with Crippen LogP contribution in [0.1, 0.15) is 26.7 Å². The van der Waals surface area contributed by atoms with Crippen LogP contribution in [0.15, 0.2) is 100 Å². The normalized spacial score (nSPS) is 16.6. The number of benzene rings is 2. The Balaban J connectivity index is 0.00000120. The monoisotopic (exact) mass is 495 g/mol. The number of allylic oxidation sites excluding steroid dienone is 5. The third kappa shape index (κ3) is 4.61. The molecule has 0 saturated heterocycles. The van der Waals surface area contributed by atoms with Crippen LogP contribution in [-0.4, -0.2) is 4.57 Å². The molecule has 2 aliphatic rings. The van der Waals surface area contributed by atoms with Gasteiger partial charge in [-0.25, -0.2) is 0 Å². The van der Waals surface area contributed by atoms with Crippen LogP contribution in [0.4, 0.5) is 0 Å². The van der Waals surface area contributed by atoms with Crippen molar-refractivity contribution in [3.05, 3.63) is 117 Å². The first-order chi connectivity index (χ1) is 13.4. The standard InChI is InChI=1S/C13H10N.C12H11.2ClH.Zr/c1-2-6-12-10-13(9-11(12)5-1)14-7-3-4-8-14;1-2-6-11(7-3-1)10-12-8-4-5-9-12;;;/h1-10H;1-4,6-8H,5,10H2;2*1H;/q;;;;+2/p-2. The fraction of sp³-hybridized carbons (Fsp3) is 0.120. The molecular formula is C25H21Cl2NZr. The van der Waals surface area contributed by atoms with Crippen LogP contribution >= 0.6 is 0 Å². The molecule has 1 nitrogen and oxygen atoms in total. The molecule has 1 atom stereocenters. The van der Waals surface area contributed by atoms with E-state index < -0.39 is 23.2 Å². The quantitative estimate of drug-likeness (QED) is 0.471. The number of aromatic nitrogens is 1. The van der Waals surface area contributed by atoms with Gasteiger partial charge in [-0.1, -0.05) is 0 Å². The summed E-state index contributed by atoms with van der Waals surface area (Å²) in [5.41, 5.74) is 7.40. The Morgan fingerprint density at radius 2 is 1.59 bits per heavy atom. The van der Waals surface area contributed by atoms with E-state index in [2.05, 4.69) is 102 Å². The summed E-state index contributed by atoms with van der Waals surface area (Å²) in [6.45, 7) is 0. The maximum atomic E-state index is 2.40. The van der Waals surface area contributed by atoms with Gasteiger partial charge < -0.3 is 24.8 Å². The summed E-state index contributed by atoms with van der Waals surface area (Å²) in [7, 11) is 0. The second-order valence-electron chi connectivity index (χ2n) is 7.14. The van der Waals surface area contributed by atoms with E-state index in [1.165, 1.54) is 22.4 Å². The van der Waals surface area contributed by atoms with Gasteiger partial charge in [0.1, 0.15) is 0 Å². The number of nitrogens with zero attached hydrogens (tertiary/aromatic N) is 1. The fourth-order valence-corrected chi connectivity index (χ4v) is 8.32. The van der Waals surface area contributed by atoms with Crippen molar-refractivity contribution in [1.82, 2.24) is 4.57 Å². The van der Waals surface area contributed by atoms with Crippen molar-refractivity contribution < 1.29 is 48.0 Å². The smallest absolute Gasteiger partial charge is 1.00 e. The number of hydrogen-bond acceptors (Lipinski definition) is 0. The van der Waals surface area contributed by atoms with Gasteiger partial charge in [0.25, 0.3) is 0 Å². The number of hydrogen-bond donors (Lipinski definition) is 0. The van der Waals surface area contributed by atoms with Crippen molar-refractivity contribution >= 4 is 11.8 Å². The maximum absolute atomic E-state index is 2.40. The Labute approximate surface area is 196 Å². The minimum absolute atomic E-state index is 0. The van der Waals surface area contributed by atoms with Crippen LogP contribution in [-0.2, 0) is 29.7 Å². The molecule has 0 fully saturated rings. The third-order valence-corrected chi connectivity index (χ3v) is 9.74. The molecule has 0 amide bonds. The molecule has 1 heterocycles. The van der Waals surface area contributed by atoms with Crippen molar-refractivity contribution in [2.24, 2.45) is 0 Å². The molecule has 0 spiro atoms. The SMILES string of the molecule is C1=CC(Cc2ccccc2)=[C]([Zr+2][CH]2C(n3cccc3)=Cc3ccccc32)C1.[Cl-].[Cl-]. The molecule has 4 heteroatoms. The maximum Gasteiger partial charge on any atom is -1.00 e. The third-order valence-electron chi connectivity index (χ3n) is 5.39. The van der Waals surface area contributed by atoms with Gasteiger partial charge in [-0.15, -0.1) is 0 Å². The summed E-state index contributed by atoms with van der Waals surface area (Å²) < 4.78 is 4.67. The first-order valence-corrected chi connectivity index (χ1v) is 12.2. The van der Waals surface area contributed by atoms with E-state index in [-0.39, 0.29) is 24.8 Å². The molecule has 29 heavy (non-hydrogen) atoms. The zero-order valence-corrected chi connectivity index (χ0v) is 19.9. The Hall–Kier alpha value is -1.60. The first-order valence-electron chi connectivity index (χ1n) is 9.51. The van der Waals surface area contributed by atoms with Crippen molar-refractivity contribution in [3.63, 3.8) is 0 Å². The number of rotatable bonds is 5. The molecule has 144 valence electrons. The molecule has 0 aliphatic heterocycles. The van der Waals surface area contributed by atoms with E-state index in [1.54, 1.807) is 8.85 Å². The van der Waals surface area contributed by atoms with Gasteiger partial charge in [0, 0.05) is 0 Å². The van der Waals surface area contributed by atoms with E-state index in [9.17, 15) is 0 Å². The zero-order valence-electron chi connectivity index (χ0n) is 15.9. The van der Waals surface area contributed by atoms with Gasteiger partial charge >= 0.3 is 173 Å². The van der Waals surface area contributed by atoms with Gasteiger partial charge in [0.05, 0.1) is 0 Å². The largest absolute Gasteiger partial charge is 1.00 e. The van der Waals surface area contributed by atoms with Gasteiger partial charge in [-0.05, 0) is 0 Å². The second kappa shape index (κ2) is 9.94. The molecule has 3 aromatic rings. The fourth-order valence-electron chi connectivity index (χ4n) is 4.05. The van der Waals surface area contributed by atoms with Crippen LogP contribution in [0, 0.1) is 0 Å². The summed E-state index contributed by atoms with van der Waals surface area (Å²) in [5, 5.41) is 0. The Morgan fingerprint density at radius 3 is 2.38 bits per heavy atom. The summed E-state index contributed by atoms with van der Waals surface area (Å²) in [6.07, 6.45) is 13.8. The van der Waals surface area contributed by atoms with Gasteiger partial charge in [0.2, 0.25) is 0 Å². The average Bonchev–Trinajstić information content (AvgIpc) is 3.44. The van der Waals surface area contributed by atoms with Crippen molar-refractivity contribution in [3.8, 4) is 0 Å². The van der Waals surface area contributed by atoms with E-state index in [1.807, 2.05) is 0 Å². The van der Waals surface area contributed by atoms with Crippen LogP contribution in [0.2, 0.25) is 0 Å². The van der Waals surface area contributed by atoms with Gasteiger partial charge in [0.15, 0.2) is 0 Å². The van der Waals surface area contributed by atoms with Crippen LogP contribution in [0.3, 0.4) is 0 Å².